The van der Waals surface area contributed by atoms with E-state index >= 15 is 0 Å². The van der Waals surface area contributed by atoms with Crippen molar-refractivity contribution in [3.8, 4) is 11.5 Å². The number of hydrogen-bond donors (Lipinski definition) is 1. The summed E-state index contributed by atoms with van der Waals surface area (Å²) in [6, 6.07) is 6.14. The fourth-order valence-electron chi connectivity index (χ4n) is 2.19. The third-order valence-electron chi connectivity index (χ3n) is 3.19. The molecule has 1 saturated carbocycles. The van der Waals surface area contributed by atoms with Crippen LogP contribution in [0.3, 0.4) is 0 Å². The minimum Gasteiger partial charge on any atom is -0.497 e. The topological polar surface area (TPSA) is 30.5 Å². The lowest BCUT2D eigenvalue weighted by molar-refractivity contribution is 0.393. The smallest absolute Gasteiger partial charge is 0.122 e. The van der Waals surface area contributed by atoms with Gasteiger partial charge in [0.25, 0.3) is 0 Å². The predicted molar refractivity (Wildman–Crippen MR) is 64.3 cm³/mol. The minimum atomic E-state index is 0.663. The van der Waals surface area contributed by atoms with Crippen LogP contribution in [0.2, 0.25) is 0 Å². The number of rotatable bonds is 5. The molecule has 1 aliphatic carbocycles. The zero-order valence-electron chi connectivity index (χ0n) is 10.1. The summed E-state index contributed by atoms with van der Waals surface area (Å²) in [5.41, 5.74) is 1.33. The Hall–Kier alpha value is -1.22. The van der Waals surface area contributed by atoms with Crippen LogP contribution in [0.4, 0.5) is 0 Å². The molecule has 16 heavy (non-hydrogen) atoms. The second-order valence-electron chi connectivity index (χ2n) is 4.31. The van der Waals surface area contributed by atoms with Crippen LogP contribution < -0.4 is 14.8 Å². The van der Waals surface area contributed by atoms with E-state index in [1.807, 2.05) is 13.1 Å². The maximum atomic E-state index is 5.27. The molecule has 0 bridgehead atoms. The molecule has 3 nitrogen and oxygen atoms in total. The zero-order valence-corrected chi connectivity index (χ0v) is 10.1. The van der Waals surface area contributed by atoms with E-state index in [9.17, 15) is 0 Å². The van der Waals surface area contributed by atoms with Gasteiger partial charge in [0.2, 0.25) is 0 Å². The molecular formula is C13H19NO2. The maximum Gasteiger partial charge on any atom is 0.122 e. The van der Waals surface area contributed by atoms with Crippen LogP contribution in [0.15, 0.2) is 18.2 Å². The molecule has 1 aromatic rings. The Bertz CT molecular complexity index is 343. The lowest BCUT2D eigenvalue weighted by atomic mass is 10.1. The third-order valence-corrected chi connectivity index (χ3v) is 3.19. The second-order valence-corrected chi connectivity index (χ2v) is 4.31. The monoisotopic (exact) mass is 221 g/mol. The molecule has 0 saturated heterocycles. The van der Waals surface area contributed by atoms with Crippen LogP contribution in [0.5, 0.6) is 11.5 Å². The van der Waals surface area contributed by atoms with E-state index < -0.39 is 0 Å². The van der Waals surface area contributed by atoms with Crippen molar-refractivity contribution in [3.05, 3.63) is 23.8 Å². The van der Waals surface area contributed by atoms with Gasteiger partial charge in [0.1, 0.15) is 11.5 Å². The number of benzene rings is 1. The lowest BCUT2D eigenvalue weighted by Gasteiger charge is -2.08. The number of ether oxygens (including phenoxy) is 2. The highest BCUT2D eigenvalue weighted by Crippen LogP contribution is 2.48. The van der Waals surface area contributed by atoms with Gasteiger partial charge in [-0.2, -0.15) is 0 Å². The van der Waals surface area contributed by atoms with Crippen molar-refractivity contribution in [2.24, 2.45) is 5.92 Å². The first-order valence-corrected chi connectivity index (χ1v) is 5.66. The van der Waals surface area contributed by atoms with E-state index in [1.54, 1.807) is 14.2 Å². The molecule has 0 spiro atoms. The van der Waals surface area contributed by atoms with Crippen molar-refractivity contribution in [2.75, 3.05) is 27.8 Å². The number of methoxy groups -OCH3 is 2. The molecule has 2 rings (SSSR count). The van der Waals surface area contributed by atoms with E-state index in [1.165, 1.54) is 12.0 Å². The summed E-state index contributed by atoms with van der Waals surface area (Å²) in [5.74, 6) is 3.19. The third kappa shape index (κ3) is 2.30. The highest BCUT2D eigenvalue weighted by molar-refractivity contribution is 5.42. The molecule has 1 aromatic carbocycles. The van der Waals surface area contributed by atoms with Crippen molar-refractivity contribution in [3.63, 3.8) is 0 Å². The first-order valence-electron chi connectivity index (χ1n) is 5.66. The molecule has 1 aliphatic rings. The first-order chi connectivity index (χ1) is 7.78. The van der Waals surface area contributed by atoms with Crippen LogP contribution in [0, 0.1) is 5.92 Å². The molecule has 1 fully saturated rings. The van der Waals surface area contributed by atoms with Gasteiger partial charge in [0.05, 0.1) is 14.2 Å². The Balaban J connectivity index is 2.15. The van der Waals surface area contributed by atoms with Crippen LogP contribution in [-0.2, 0) is 0 Å². The average molecular weight is 221 g/mol. The van der Waals surface area contributed by atoms with Crippen molar-refractivity contribution in [1.82, 2.24) is 5.32 Å². The quantitative estimate of drug-likeness (QED) is 0.825. The van der Waals surface area contributed by atoms with Gasteiger partial charge in [-0.1, -0.05) is 0 Å². The normalized spacial score (nSPS) is 22.9. The molecule has 0 radical (unpaired) electrons. The van der Waals surface area contributed by atoms with E-state index in [-0.39, 0.29) is 0 Å². The summed E-state index contributed by atoms with van der Waals surface area (Å²) >= 11 is 0. The van der Waals surface area contributed by atoms with E-state index in [2.05, 4.69) is 17.4 Å². The van der Waals surface area contributed by atoms with Crippen LogP contribution in [0.25, 0.3) is 0 Å². The Labute approximate surface area is 96.8 Å². The molecule has 88 valence electrons. The van der Waals surface area contributed by atoms with Crippen molar-refractivity contribution < 1.29 is 9.47 Å². The summed E-state index contributed by atoms with van der Waals surface area (Å²) in [4.78, 5) is 0. The molecule has 0 unspecified atom stereocenters. The first kappa shape index (κ1) is 11.3. The fraction of sp³-hybridized carbons (Fsp3) is 0.538. The Morgan fingerprint density at radius 1 is 1.19 bits per heavy atom. The number of hydrogen-bond acceptors (Lipinski definition) is 3. The van der Waals surface area contributed by atoms with E-state index in [0.29, 0.717) is 5.92 Å². The van der Waals surface area contributed by atoms with E-state index in [0.717, 1.165) is 24.0 Å². The van der Waals surface area contributed by atoms with Crippen LogP contribution in [-0.4, -0.2) is 27.8 Å². The fourth-order valence-corrected chi connectivity index (χ4v) is 2.19. The lowest BCUT2D eigenvalue weighted by Crippen LogP contribution is -2.10. The largest absolute Gasteiger partial charge is 0.497 e. The van der Waals surface area contributed by atoms with Gasteiger partial charge < -0.3 is 14.8 Å². The second kappa shape index (κ2) is 4.74. The summed E-state index contributed by atoms with van der Waals surface area (Å²) in [7, 11) is 5.38. The summed E-state index contributed by atoms with van der Waals surface area (Å²) in [6.07, 6.45) is 1.26. The zero-order chi connectivity index (χ0) is 11.5. The van der Waals surface area contributed by atoms with Gasteiger partial charge in [-0.05, 0) is 49.5 Å². The Kier molecular flexibility index (Phi) is 3.34. The SMILES string of the molecule is CNC[C@@H]1C[C@H]1c1cc(OC)cc(OC)c1. The average Bonchev–Trinajstić information content (AvgIpc) is 3.08. The molecule has 1 N–H and O–H groups in total. The minimum absolute atomic E-state index is 0.663. The molecule has 0 aliphatic heterocycles. The predicted octanol–water partition coefficient (Wildman–Crippen LogP) is 2.03. The molecule has 0 amide bonds. The van der Waals surface area contributed by atoms with Crippen molar-refractivity contribution in [1.29, 1.82) is 0 Å². The summed E-state index contributed by atoms with van der Waals surface area (Å²) in [5, 5.41) is 3.22. The van der Waals surface area contributed by atoms with E-state index in [4.69, 9.17) is 9.47 Å². The van der Waals surface area contributed by atoms with Gasteiger partial charge in [-0.25, -0.2) is 0 Å². The maximum absolute atomic E-state index is 5.27. The van der Waals surface area contributed by atoms with Gasteiger partial charge >= 0.3 is 0 Å². The molecular weight excluding hydrogens is 202 g/mol. The van der Waals surface area contributed by atoms with Crippen molar-refractivity contribution in [2.45, 2.75) is 12.3 Å². The van der Waals surface area contributed by atoms with Crippen LogP contribution >= 0.6 is 0 Å². The highest BCUT2D eigenvalue weighted by atomic mass is 16.5. The summed E-state index contributed by atoms with van der Waals surface area (Å²) < 4.78 is 10.5. The molecule has 3 heteroatoms. The van der Waals surface area contributed by atoms with Gasteiger partial charge in [0.15, 0.2) is 0 Å². The molecule has 2 atom stereocenters. The Morgan fingerprint density at radius 3 is 2.31 bits per heavy atom. The number of nitrogens with one attached hydrogen (secondary N) is 1. The standard InChI is InChI=1S/C13H19NO2/c1-14-8-10-6-13(10)9-4-11(15-2)7-12(5-9)16-3/h4-5,7,10,13-14H,6,8H2,1-3H3/t10-,13-/m0/s1. The highest BCUT2D eigenvalue weighted by Gasteiger charge is 2.37. The molecule has 0 aromatic heterocycles. The van der Waals surface area contributed by atoms with Gasteiger partial charge in [0, 0.05) is 6.07 Å². The van der Waals surface area contributed by atoms with Gasteiger partial charge in [-0.3, -0.25) is 0 Å². The van der Waals surface area contributed by atoms with Crippen LogP contribution in [0.1, 0.15) is 17.9 Å². The molecule has 0 heterocycles. The van der Waals surface area contributed by atoms with Gasteiger partial charge in [-0.15, -0.1) is 0 Å². The summed E-state index contributed by atoms with van der Waals surface area (Å²) in [6.45, 7) is 1.09. The Morgan fingerprint density at radius 2 is 1.81 bits per heavy atom. The van der Waals surface area contributed by atoms with Crippen molar-refractivity contribution >= 4 is 0 Å².